The van der Waals surface area contributed by atoms with Gasteiger partial charge in [-0.2, -0.15) is 0 Å². The lowest BCUT2D eigenvalue weighted by Gasteiger charge is -2.33. The van der Waals surface area contributed by atoms with Crippen LogP contribution < -0.4 is 4.74 Å². The smallest absolute Gasteiger partial charge is 0.410 e. The highest BCUT2D eigenvalue weighted by Crippen LogP contribution is 2.19. The lowest BCUT2D eigenvalue weighted by atomic mass is 10.1. The summed E-state index contributed by atoms with van der Waals surface area (Å²) in [6, 6.07) is 4.97. The van der Waals surface area contributed by atoms with Gasteiger partial charge in [-0.15, -0.1) is 0 Å². The Morgan fingerprint density at radius 3 is 2.46 bits per heavy atom. The van der Waals surface area contributed by atoms with Gasteiger partial charge in [-0.3, -0.25) is 0 Å². The van der Waals surface area contributed by atoms with Crippen LogP contribution in [0.1, 0.15) is 44.1 Å². The molecule has 2 rings (SSSR count). The number of piperidine rings is 1. The SMILES string of the molecule is COC(=O)c1cccc(OC2CCN(C(=O)OC(C)(C)C)CC2)n1. The highest BCUT2D eigenvalue weighted by molar-refractivity contribution is 5.87. The minimum atomic E-state index is -0.500. The number of aromatic nitrogens is 1. The van der Waals surface area contributed by atoms with E-state index < -0.39 is 11.6 Å². The average molecular weight is 336 g/mol. The molecular weight excluding hydrogens is 312 g/mol. The van der Waals surface area contributed by atoms with Crippen molar-refractivity contribution in [2.24, 2.45) is 0 Å². The minimum Gasteiger partial charge on any atom is -0.474 e. The first kappa shape index (κ1) is 18.0. The summed E-state index contributed by atoms with van der Waals surface area (Å²) in [5.74, 6) is -0.117. The first-order chi connectivity index (χ1) is 11.3. The van der Waals surface area contributed by atoms with E-state index in [0.717, 1.165) is 0 Å². The number of hydrogen-bond acceptors (Lipinski definition) is 6. The molecule has 1 fully saturated rings. The Morgan fingerprint density at radius 2 is 1.88 bits per heavy atom. The first-order valence-corrected chi connectivity index (χ1v) is 7.98. The van der Waals surface area contributed by atoms with Crippen molar-refractivity contribution < 1.29 is 23.8 Å². The van der Waals surface area contributed by atoms with Gasteiger partial charge in [0.1, 0.15) is 11.7 Å². The van der Waals surface area contributed by atoms with Gasteiger partial charge in [-0.1, -0.05) is 6.07 Å². The van der Waals surface area contributed by atoms with Crippen LogP contribution in [0.3, 0.4) is 0 Å². The number of carbonyl (C=O) groups excluding carboxylic acids is 2. The van der Waals surface area contributed by atoms with E-state index in [2.05, 4.69) is 9.72 Å². The number of ether oxygens (including phenoxy) is 3. The van der Waals surface area contributed by atoms with Crippen molar-refractivity contribution in [2.75, 3.05) is 20.2 Å². The predicted octanol–water partition coefficient (Wildman–Crippen LogP) is 2.65. The zero-order chi connectivity index (χ0) is 17.7. The van der Waals surface area contributed by atoms with Gasteiger partial charge in [-0.05, 0) is 26.8 Å². The molecule has 24 heavy (non-hydrogen) atoms. The van der Waals surface area contributed by atoms with Crippen LogP contribution >= 0.6 is 0 Å². The van der Waals surface area contributed by atoms with Crippen molar-refractivity contribution in [3.05, 3.63) is 23.9 Å². The Hall–Kier alpha value is -2.31. The molecule has 7 nitrogen and oxygen atoms in total. The maximum Gasteiger partial charge on any atom is 0.410 e. The van der Waals surface area contributed by atoms with Crippen LogP contribution in [0.5, 0.6) is 5.88 Å². The third-order valence-corrected chi connectivity index (χ3v) is 3.50. The number of esters is 1. The topological polar surface area (TPSA) is 78.0 Å². The maximum absolute atomic E-state index is 12.0. The predicted molar refractivity (Wildman–Crippen MR) is 87.0 cm³/mol. The number of carbonyl (C=O) groups is 2. The first-order valence-electron chi connectivity index (χ1n) is 7.98. The van der Waals surface area contributed by atoms with Gasteiger partial charge < -0.3 is 19.1 Å². The molecule has 2 heterocycles. The van der Waals surface area contributed by atoms with Crippen LogP contribution in [-0.4, -0.2) is 53.9 Å². The zero-order valence-corrected chi connectivity index (χ0v) is 14.6. The molecule has 1 aliphatic rings. The van der Waals surface area contributed by atoms with Crippen molar-refractivity contribution in [3.63, 3.8) is 0 Å². The summed E-state index contributed by atoms with van der Waals surface area (Å²) < 4.78 is 15.8. The summed E-state index contributed by atoms with van der Waals surface area (Å²) in [6.45, 7) is 6.68. The van der Waals surface area contributed by atoms with E-state index in [1.807, 2.05) is 20.8 Å². The molecule has 1 aliphatic heterocycles. The molecule has 0 aliphatic carbocycles. The van der Waals surface area contributed by atoms with Gasteiger partial charge in [0.25, 0.3) is 0 Å². The van der Waals surface area contributed by atoms with E-state index in [-0.39, 0.29) is 17.9 Å². The monoisotopic (exact) mass is 336 g/mol. The molecule has 132 valence electrons. The van der Waals surface area contributed by atoms with Crippen LogP contribution in [0.2, 0.25) is 0 Å². The highest BCUT2D eigenvalue weighted by atomic mass is 16.6. The summed E-state index contributed by atoms with van der Waals surface area (Å²) in [4.78, 5) is 29.3. The summed E-state index contributed by atoms with van der Waals surface area (Å²) in [5, 5.41) is 0. The van der Waals surface area contributed by atoms with E-state index in [1.54, 1.807) is 23.1 Å². The zero-order valence-electron chi connectivity index (χ0n) is 14.6. The number of amides is 1. The van der Waals surface area contributed by atoms with Crippen LogP contribution in [0.4, 0.5) is 4.79 Å². The number of methoxy groups -OCH3 is 1. The lowest BCUT2D eigenvalue weighted by Crippen LogP contribution is -2.44. The Labute approximate surface area is 141 Å². The van der Waals surface area contributed by atoms with E-state index in [1.165, 1.54) is 7.11 Å². The van der Waals surface area contributed by atoms with Gasteiger partial charge in [0, 0.05) is 32.0 Å². The molecule has 1 amide bonds. The quantitative estimate of drug-likeness (QED) is 0.790. The third-order valence-electron chi connectivity index (χ3n) is 3.50. The number of pyridine rings is 1. The molecule has 0 saturated carbocycles. The maximum atomic E-state index is 12.0. The standard InChI is InChI=1S/C17H24N2O5/c1-17(2,3)24-16(21)19-10-8-12(9-11-19)23-14-7-5-6-13(18-14)15(20)22-4/h5-7,12H,8-11H2,1-4H3. The average Bonchev–Trinajstić information content (AvgIpc) is 2.53. The molecule has 0 radical (unpaired) electrons. The fraction of sp³-hybridized carbons (Fsp3) is 0.588. The molecule has 0 spiro atoms. The van der Waals surface area contributed by atoms with Crippen LogP contribution in [0.15, 0.2) is 18.2 Å². The van der Waals surface area contributed by atoms with Crippen LogP contribution in [0, 0.1) is 0 Å². The molecule has 0 unspecified atom stereocenters. The number of nitrogens with zero attached hydrogens (tertiary/aromatic N) is 2. The van der Waals surface area contributed by atoms with Crippen molar-refractivity contribution >= 4 is 12.1 Å². The second-order valence-corrected chi connectivity index (χ2v) is 6.64. The second-order valence-electron chi connectivity index (χ2n) is 6.64. The molecule has 1 saturated heterocycles. The molecule has 0 bridgehead atoms. The van der Waals surface area contributed by atoms with E-state index in [4.69, 9.17) is 9.47 Å². The number of rotatable bonds is 3. The molecule has 0 N–H and O–H groups in total. The molecule has 0 atom stereocenters. The molecular formula is C17H24N2O5. The van der Waals surface area contributed by atoms with Gasteiger partial charge >= 0.3 is 12.1 Å². The van der Waals surface area contributed by atoms with Gasteiger partial charge in [-0.25, -0.2) is 14.6 Å². The minimum absolute atomic E-state index is 0.0518. The normalized spacial score (nSPS) is 15.8. The molecule has 7 heteroatoms. The van der Waals surface area contributed by atoms with Crippen molar-refractivity contribution in [2.45, 2.75) is 45.3 Å². The number of hydrogen-bond donors (Lipinski definition) is 0. The highest BCUT2D eigenvalue weighted by Gasteiger charge is 2.27. The van der Waals surface area contributed by atoms with Gasteiger partial charge in [0.15, 0.2) is 5.69 Å². The van der Waals surface area contributed by atoms with Crippen molar-refractivity contribution in [1.29, 1.82) is 0 Å². The van der Waals surface area contributed by atoms with Gasteiger partial charge in [0.05, 0.1) is 7.11 Å². The summed E-state index contributed by atoms with van der Waals surface area (Å²) in [6.07, 6.45) is 1.02. The van der Waals surface area contributed by atoms with Crippen molar-refractivity contribution in [1.82, 2.24) is 9.88 Å². The van der Waals surface area contributed by atoms with Crippen molar-refractivity contribution in [3.8, 4) is 5.88 Å². The summed E-state index contributed by atoms with van der Waals surface area (Å²) >= 11 is 0. The Bertz CT molecular complexity index is 589. The molecule has 1 aromatic rings. The number of likely N-dealkylation sites (tertiary alicyclic amines) is 1. The molecule has 1 aromatic heterocycles. The Kier molecular flexibility index (Phi) is 5.64. The summed E-state index contributed by atoms with van der Waals surface area (Å²) in [5.41, 5.74) is -0.288. The third kappa shape index (κ3) is 5.11. The largest absolute Gasteiger partial charge is 0.474 e. The fourth-order valence-electron chi connectivity index (χ4n) is 2.35. The summed E-state index contributed by atoms with van der Waals surface area (Å²) in [7, 11) is 1.31. The second kappa shape index (κ2) is 7.51. The van der Waals surface area contributed by atoms with Crippen LogP contribution in [0.25, 0.3) is 0 Å². The van der Waals surface area contributed by atoms with E-state index >= 15 is 0 Å². The van der Waals surface area contributed by atoms with E-state index in [9.17, 15) is 9.59 Å². The fourth-order valence-corrected chi connectivity index (χ4v) is 2.35. The Balaban J connectivity index is 1.87. The Morgan fingerprint density at radius 1 is 1.21 bits per heavy atom. The molecule has 0 aromatic carbocycles. The van der Waals surface area contributed by atoms with Crippen LogP contribution in [-0.2, 0) is 9.47 Å². The lowest BCUT2D eigenvalue weighted by molar-refractivity contribution is 0.0122. The van der Waals surface area contributed by atoms with E-state index in [0.29, 0.717) is 31.8 Å². The van der Waals surface area contributed by atoms with Gasteiger partial charge in [0.2, 0.25) is 5.88 Å².